The summed E-state index contributed by atoms with van der Waals surface area (Å²) in [6.45, 7) is 4.31. The van der Waals surface area contributed by atoms with Crippen LogP contribution in [0, 0.1) is 10.7 Å². The molecule has 0 bridgehead atoms. The molecule has 1 aliphatic heterocycles. The topological polar surface area (TPSA) is 108 Å². The lowest BCUT2D eigenvalue weighted by atomic mass is 9.97. The van der Waals surface area contributed by atoms with E-state index in [0.717, 1.165) is 56.6 Å². The highest BCUT2D eigenvalue weighted by molar-refractivity contribution is 7.90. The molecule has 4 aromatic carbocycles. The fourth-order valence-electron chi connectivity index (χ4n) is 4.85. The maximum atomic E-state index is 13.5. The highest BCUT2D eigenvalue weighted by Crippen LogP contribution is 2.25. The van der Waals surface area contributed by atoms with Crippen LogP contribution in [0.2, 0.25) is 0 Å². The summed E-state index contributed by atoms with van der Waals surface area (Å²) in [4.78, 5) is 15.1. The number of benzene rings is 4. The third-order valence-corrected chi connectivity index (χ3v) is 8.44. The minimum absolute atomic E-state index is 0.212. The molecule has 0 aromatic heterocycles. The van der Waals surface area contributed by atoms with Crippen molar-refractivity contribution < 1.29 is 12.8 Å². The van der Waals surface area contributed by atoms with Gasteiger partial charge in [-0.25, -0.2) is 4.39 Å². The minimum Gasteiger partial charge on any atom is -0.383 e. The second-order valence-corrected chi connectivity index (χ2v) is 11.4. The number of amidine groups is 1. The van der Waals surface area contributed by atoms with E-state index in [9.17, 15) is 17.7 Å². The van der Waals surface area contributed by atoms with Gasteiger partial charge < -0.3 is 10.6 Å². The predicted octanol–water partition coefficient (Wildman–Crippen LogP) is 5.57. The summed E-state index contributed by atoms with van der Waals surface area (Å²) in [7, 11) is -4.26. The van der Waals surface area contributed by atoms with Crippen LogP contribution in [0.25, 0.3) is 5.57 Å². The van der Waals surface area contributed by atoms with E-state index >= 15 is 0 Å². The van der Waals surface area contributed by atoms with Gasteiger partial charge in [0, 0.05) is 44.0 Å². The van der Waals surface area contributed by atoms with Gasteiger partial charge in [0.2, 0.25) is 0 Å². The number of sulfonamides is 1. The molecule has 1 saturated heterocycles. The Bertz CT molecular complexity index is 1660. The summed E-state index contributed by atoms with van der Waals surface area (Å²) in [6.07, 6.45) is 2.30. The molecule has 4 aromatic rings. The Morgan fingerprint density at radius 2 is 1.40 bits per heavy atom. The number of hydrogen-bond acceptors (Lipinski definition) is 6. The summed E-state index contributed by atoms with van der Waals surface area (Å²) in [5, 5.41) is 2.50. The average Bonchev–Trinajstić information content (AvgIpc) is 3.02. The van der Waals surface area contributed by atoms with Gasteiger partial charge in [-0.3, -0.25) is 4.90 Å². The lowest BCUT2D eigenvalue weighted by Crippen LogP contribution is -2.46. The Labute approximate surface area is 244 Å². The van der Waals surface area contributed by atoms with Gasteiger partial charge in [0.15, 0.2) is 5.82 Å². The van der Waals surface area contributed by atoms with Gasteiger partial charge in [0.1, 0.15) is 11.5 Å². The average molecular weight is 584 g/mol. The second kappa shape index (κ2) is 12.9. The SMILES string of the molecule is NC(=NS(=O)(=O)c1ccc(F)c(N=O)c1)c1ccc(N2CCN(CC=C(c3ccccc3)c3ccccc3)CC2)cc1. The van der Waals surface area contributed by atoms with Crippen molar-refractivity contribution in [1.82, 2.24) is 4.90 Å². The van der Waals surface area contributed by atoms with Crippen LogP contribution < -0.4 is 10.6 Å². The van der Waals surface area contributed by atoms with Crippen LogP contribution in [0.5, 0.6) is 0 Å². The lowest BCUT2D eigenvalue weighted by molar-refractivity contribution is 0.284. The Balaban J connectivity index is 1.22. The van der Waals surface area contributed by atoms with E-state index < -0.39 is 21.5 Å². The largest absolute Gasteiger partial charge is 0.383 e. The molecule has 1 fully saturated rings. The third-order valence-electron chi connectivity index (χ3n) is 7.16. The maximum absolute atomic E-state index is 13.5. The molecule has 1 aliphatic rings. The first kappa shape index (κ1) is 28.8. The van der Waals surface area contributed by atoms with Crippen LogP contribution in [0.1, 0.15) is 16.7 Å². The van der Waals surface area contributed by atoms with E-state index in [0.29, 0.717) is 5.56 Å². The first-order chi connectivity index (χ1) is 20.3. The molecule has 5 rings (SSSR count). The van der Waals surface area contributed by atoms with Crippen molar-refractivity contribution in [2.24, 2.45) is 15.3 Å². The van der Waals surface area contributed by atoms with Crippen molar-refractivity contribution in [2.75, 3.05) is 37.6 Å². The van der Waals surface area contributed by atoms with Crippen LogP contribution in [0.3, 0.4) is 0 Å². The number of halogens is 1. The van der Waals surface area contributed by atoms with Gasteiger partial charge in [-0.2, -0.15) is 8.42 Å². The molecule has 214 valence electrons. The molecule has 1 heterocycles. The molecule has 0 amide bonds. The van der Waals surface area contributed by atoms with Crippen LogP contribution in [-0.2, 0) is 10.0 Å². The Morgan fingerprint density at radius 3 is 1.98 bits per heavy atom. The van der Waals surface area contributed by atoms with Crippen LogP contribution in [0.4, 0.5) is 15.8 Å². The predicted molar refractivity (Wildman–Crippen MR) is 165 cm³/mol. The van der Waals surface area contributed by atoms with E-state index in [-0.39, 0.29) is 10.7 Å². The number of nitrogens with two attached hydrogens (primary N) is 1. The van der Waals surface area contributed by atoms with Gasteiger partial charge >= 0.3 is 0 Å². The summed E-state index contributed by atoms with van der Waals surface area (Å²) >= 11 is 0. The zero-order valence-corrected chi connectivity index (χ0v) is 23.6. The maximum Gasteiger partial charge on any atom is 0.284 e. The highest BCUT2D eigenvalue weighted by atomic mass is 32.2. The van der Waals surface area contributed by atoms with Gasteiger partial charge in [-0.1, -0.05) is 66.7 Å². The van der Waals surface area contributed by atoms with E-state index in [1.165, 1.54) is 16.7 Å². The monoisotopic (exact) mass is 583 g/mol. The van der Waals surface area contributed by atoms with E-state index in [4.69, 9.17) is 5.73 Å². The normalized spacial score (nSPS) is 14.4. The van der Waals surface area contributed by atoms with Crippen LogP contribution in [-0.4, -0.2) is 51.9 Å². The second-order valence-electron chi connectivity index (χ2n) is 9.84. The van der Waals surface area contributed by atoms with Crippen LogP contribution in [0.15, 0.2) is 124 Å². The number of piperazine rings is 1. The van der Waals surface area contributed by atoms with E-state index in [2.05, 4.69) is 74.0 Å². The summed E-state index contributed by atoms with van der Waals surface area (Å²) in [6, 6.07) is 30.7. The zero-order chi connectivity index (χ0) is 29.5. The van der Waals surface area contributed by atoms with Crippen molar-refractivity contribution in [3.63, 3.8) is 0 Å². The van der Waals surface area contributed by atoms with E-state index in [1.807, 2.05) is 24.3 Å². The Hall–Kier alpha value is -4.67. The summed E-state index contributed by atoms with van der Waals surface area (Å²) < 4.78 is 42.5. The van der Waals surface area contributed by atoms with Crippen molar-refractivity contribution in [3.8, 4) is 0 Å². The van der Waals surface area contributed by atoms with Crippen molar-refractivity contribution in [2.45, 2.75) is 4.90 Å². The molecule has 0 saturated carbocycles. The number of rotatable bonds is 9. The third kappa shape index (κ3) is 6.79. The number of hydrogen-bond donors (Lipinski definition) is 1. The Kier molecular flexibility index (Phi) is 8.85. The number of nitrogens with zero attached hydrogens (tertiary/aromatic N) is 4. The number of nitroso groups, excluding NO2 is 1. The van der Waals surface area contributed by atoms with Gasteiger partial charge in [0.05, 0.1) is 4.90 Å². The number of anilines is 1. The zero-order valence-electron chi connectivity index (χ0n) is 22.8. The quantitative estimate of drug-likeness (QED) is 0.157. The molecule has 8 nitrogen and oxygen atoms in total. The smallest absolute Gasteiger partial charge is 0.284 e. The van der Waals surface area contributed by atoms with E-state index in [1.54, 1.807) is 12.1 Å². The molecule has 0 unspecified atom stereocenters. The lowest BCUT2D eigenvalue weighted by Gasteiger charge is -2.35. The molecule has 0 spiro atoms. The fraction of sp³-hybridized carbons (Fsp3) is 0.156. The van der Waals surface area contributed by atoms with Crippen molar-refractivity contribution in [3.05, 3.63) is 137 Å². The highest BCUT2D eigenvalue weighted by Gasteiger charge is 2.19. The first-order valence-corrected chi connectivity index (χ1v) is 14.9. The molecule has 42 heavy (non-hydrogen) atoms. The molecule has 2 N–H and O–H groups in total. The van der Waals surface area contributed by atoms with Crippen LogP contribution >= 0.6 is 0 Å². The van der Waals surface area contributed by atoms with Gasteiger partial charge in [0.25, 0.3) is 10.0 Å². The fourth-order valence-corrected chi connectivity index (χ4v) is 5.82. The van der Waals surface area contributed by atoms with Gasteiger partial charge in [-0.05, 0) is 64.3 Å². The Morgan fingerprint density at radius 1 is 0.810 bits per heavy atom. The first-order valence-electron chi connectivity index (χ1n) is 13.5. The van der Waals surface area contributed by atoms with Gasteiger partial charge in [-0.15, -0.1) is 9.30 Å². The molecular weight excluding hydrogens is 553 g/mol. The standard InChI is InChI=1S/C32H30FN5O3S/c33-30-16-15-28(23-31(30)35-39)42(40,41)36-32(34)26-11-13-27(14-12-26)38-21-19-37(20-22-38)18-17-29(24-7-3-1-4-8-24)25-9-5-2-6-10-25/h1-17,23H,18-22H2,(H2,34,36). The van der Waals surface area contributed by atoms with Crippen molar-refractivity contribution >= 4 is 32.8 Å². The minimum atomic E-state index is -4.26. The molecule has 10 heteroatoms. The molecular formula is C32H30FN5O3S. The van der Waals surface area contributed by atoms with Crippen molar-refractivity contribution in [1.29, 1.82) is 0 Å². The molecule has 0 radical (unpaired) electrons. The summed E-state index contributed by atoms with van der Waals surface area (Å²) in [5.41, 5.74) is 10.4. The molecule has 0 atom stereocenters. The molecule has 0 aliphatic carbocycles. The summed E-state index contributed by atoms with van der Waals surface area (Å²) in [5.74, 6) is -1.13.